The standard InChI is InChI=1S/C21H17N3O5S2/c1-14(20(25)23-18-5-2-4-15(12-18)13-22)29-21(26)16-7-9-17(10-8-16)24-31(27,28)19-6-3-11-30-19/h2-12,14,24H,1H3,(H,23,25)/t14-/m1/s1. The van der Waals surface area contributed by atoms with E-state index in [1.807, 2.05) is 6.07 Å². The van der Waals surface area contributed by atoms with E-state index in [4.69, 9.17) is 10.00 Å². The smallest absolute Gasteiger partial charge is 0.338 e. The van der Waals surface area contributed by atoms with E-state index < -0.39 is 28.0 Å². The minimum absolute atomic E-state index is 0.158. The second-order valence-corrected chi connectivity index (χ2v) is 9.20. The van der Waals surface area contributed by atoms with Gasteiger partial charge < -0.3 is 10.1 Å². The monoisotopic (exact) mass is 455 g/mol. The van der Waals surface area contributed by atoms with Gasteiger partial charge in [-0.2, -0.15) is 5.26 Å². The van der Waals surface area contributed by atoms with E-state index in [2.05, 4.69) is 10.0 Å². The molecule has 1 atom stereocenters. The van der Waals surface area contributed by atoms with E-state index in [1.54, 1.807) is 29.6 Å². The van der Waals surface area contributed by atoms with Crippen LogP contribution < -0.4 is 10.0 Å². The highest BCUT2D eigenvalue weighted by atomic mass is 32.2. The van der Waals surface area contributed by atoms with E-state index in [9.17, 15) is 18.0 Å². The fourth-order valence-corrected chi connectivity index (χ4v) is 4.54. The van der Waals surface area contributed by atoms with Crippen LogP contribution in [0.25, 0.3) is 0 Å². The molecule has 2 N–H and O–H groups in total. The molecule has 3 aromatic rings. The Hall–Kier alpha value is -3.68. The quantitative estimate of drug-likeness (QED) is 0.524. The molecule has 1 aromatic heterocycles. The summed E-state index contributed by atoms with van der Waals surface area (Å²) in [7, 11) is -3.69. The van der Waals surface area contributed by atoms with Gasteiger partial charge in [0.15, 0.2) is 6.10 Å². The van der Waals surface area contributed by atoms with Gasteiger partial charge in [-0.1, -0.05) is 12.1 Å². The van der Waals surface area contributed by atoms with Gasteiger partial charge >= 0.3 is 5.97 Å². The Bertz CT molecular complexity index is 1230. The highest BCUT2D eigenvalue weighted by Crippen LogP contribution is 2.21. The number of esters is 1. The fourth-order valence-electron chi connectivity index (χ4n) is 2.49. The largest absolute Gasteiger partial charge is 0.449 e. The molecule has 0 aliphatic carbocycles. The molecule has 0 saturated heterocycles. The summed E-state index contributed by atoms with van der Waals surface area (Å²) >= 11 is 1.09. The molecule has 3 rings (SSSR count). The number of amides is 1. The van der Waals surface area contributed by atoms with Crippen molar-refractivity contribution in [3.63, 3.8) is 0 Å². The number of ether oxygens (including phenoxy) is 1. The second kappa shape index (κ2) is 9.42. The molecule has 0 unspecified atom stereocenters. The molecule has 0 spiro atoms. The Morgan fingerprint density at radius 2 is 1.81 bits per heavy atom. The maximum atomic E-state index is 12.3. The number of carbonyl (C=O) groups excluding carboxylic acids is 2. The minimum Gasteiger partial charge on any atom is -0.449 e. The average molecular weight is 456 g/mol. The molecule has 0 radical (unpaired) electrons. The lowest BCUT2D eigenvalue weighted by Crippen LogP contribution is -2.30. The lowest BCUT2D eigenvalue weighted by molar-refractivity contribution is -0.123. The summed E-state index contributed by atoms with van der Waals surface area (Å²) < 4.78 is 32.3. The Morgan fingerprint density at radius 1 is 1.06 bits per heavy atom. The Morgan fingerprint density at radius 3 is 2.45 bits per heavy atom. The fraction of sp³-hybridized carbons (Fsp3) is 0.0952. The lowest BCUT2D eigenvalue weighted by Gasteiger charge is -2.14. The van der Waals surface area contributed by atoms with Crippen LogP contribution in [-0.2, 0) is 19.6 Å². The summed E-state index contributed by atoms with van der Waals surface area (Å²) in [6, 6.07) is 17.1. The molecular weight excluding hydrogens is 438 g/mol. The number of hydrogen-bond acceptors (Lipinski definition) is 7. The van der Waals surface area contributed by atoms with Crippen molar-refractivity contribution in [2.45, 2.75) is 17.2 Å². The lowest BCUT2D eigenvalue weighted by atomic mass is 10.2. The predicted molar refractivity (Wildman–Crippen MR) is 116 cm³/mol. The first-order chi connectivity index (χ1) is 14.8. The molecular formula is C21H17N3O5S2. The van der Waals surface area contributed by atoms with E-state index >= 15 is 0 Å². The van der Waals surface area contributed by atoms with Gasteiger partial charge in [-0.05, 0) is 60.8 Å². The van der Waals surface area contributed by atoms with E-state index in [0.29, 0.717) is 11.3 Å². The van der Waals surface area contributed by atoms with Gasteiger partial charge in [0.2, 0.25) is 0 Å². The number of benzene rings is 2. The van der Waals surface area contributed by atoms with Crippen molar-refractivity contribution in [2.24, 2.45) is 0 Å². The number of anilines is 2. The molecule has 31 heavy (non-hydrogen) atoms. The summed E-state index contributed by atoms with van der Waals surface area (Å²) in [6.45, 7) is 1.42. The van der Waals surface area contributed by atoms with E-state index in [1.165, 1.54) is 43.3 Å². The molecule has 1 heterocycles. The number of nitriles is 1. The maximum absolute atomic E-state index is 12.3. The first-order valence-corrected chi connectivity index (χ1v) is 11.3. The first-order valence-electron chi connectivity index (χ1n) is 8.97. The van der Waals surface area contributed by atoms with Gasteiger partial charge in [-0.15, -0.1) is 11.3 Å². The highest BCUT2D eigenvalue weighted by Gasteiger charge is 2.20. The second-order valence-electron chi connectivity index (χ2n) is 6.34. The number of hydrogen-bond donors (Lipinski definition) is 2. The molecule has 0 aliphatic heterocycles. The number of thiophene rings is 1. The summed E-state index contributed by atoms with van der Waals surface area (Å²) in [4.78, 5) is 24.6. The number of sulfonamides is 1. The molecule has 0 bridgehead atoms. The van der Waals surface area contributed by atoms with Crippen LogP contribution in [-0.4, -0.2) is 26.4 Å². The van der Waals surface area contributed by atoms with Gasteiger partial charge in [0.25, 0.3) is 15.9 Å². The maximum Gasteiger partial charge on any atom is 0.338 e. The van der Waals surface area contributed by atoms with E-state index in [-0.39, 0.29) is 15.5 Å². The third kappa shape index (κ3) is 5.69. The van der Waals surface area contributed by atoms with Crippen molar-refractivity contribution in [1.82, 2.24) is 0 Å². The van der Waals surface area contributed by atoms with Crippen LogP contribution in [0.5, 0.6) is 0 Å². The molecule has 2 aromatic carbocycles. The van der Waals surface area contributed by atoms with Crippen molar-refractivity contribution in [3.8, 4) is 6.07 Å². The minimum atomic E-state index is -3.69. The molecule has 8 nitrogen and oxygen atoms in total. The Labute approximate surface area is 183 Å². The van der Waals surface area contributed by atoms with Crippen LogP contribution in [0, 0.1) is 11.3 Å². The molecule has 158 valence electrons. The zero-order chi connectivity index (χ0) is 22.4. The number of nitrogens with zero attached hydrogens (tertiary/aromatic N) is 1. The average Bonchev–Trinajstić information content (AvgIpc) is 3.30. The zero-order valence-corrected chi connectivity index (χ0v) is 17.9. The summed E-state index contributed by atoms with van der Waals surface area (Å²) in [5, 5.41) is 13.1. The predicted octanol–water partition coefficient (Wildman–Crippen LogP) is 3.60. The Kier molecular flexibility index (Phi) is 6.69. The van der Waals surface area contributed by atoms with Crippen molar-refractivity contribution in [2.75, 3.05) is 10.0 Å². The number of carbonyl (C=O) groups is 2. The van der Waals surface area contributed by atoms with E-state index in [0.717, 1.165) is 11.3 Å². The summed E-state index contributed by atoms with van der Waals surface area (Å²) in [5.74, 6) is -1.29. The van der Waals surface area contributed by atoms with Crippen LogP contribution in [0.1, 0.15) is 22.8 Å². The number of rotatable bonds is 7. The molecule has 10 heteroatoms. The normalized spacial score (nSPS) is 11.7. The highest BCUT2D eigenvalue weighted by molar-refractivity contribution is 7.94. The van der Waals surface area contributed by atoms with Crippen molar-refractivity contribution in [3.05, 3.63) is 77.2 Å². The third-order valence-electron chi connectivity index (χ3n) is 4.04. The van der Waals surface area contributed by atoms with Crippen LogP contribution >= 0.6 is 11.3 Å². The van der Waals surface area contributed by atoms with Gasteiger partial charge in [0.1, 0.15) is 4.21 Å². The van der Waals surface area contributed by atoms with Crippen LogP contribution in [0.15, 0.2) is 70.3 Å². The Balaban J connectivity index is 1.59. The molecule has 0 saturated carbocycles. The SMILES string of the molecule is C[C@@H](OC(=O)c1ccc(NS(=O)(=O)c2cccs2)cc1)C(=O)Nc1cccc(C#N)c1. The first kappa shape index (κ1) is 22.0. The van der Waals surface area contributed by atoms with Crippen molar-refractivity contribution in [1.29, 1.82) is 5.26 Å². The van der Waals surface area contributed by atoms with Gasteiger partial charge in [0, 0.05) is 11.4 Å². The third-order valence-corrected chi connectivity index (χ3v) is 6.82. The van der Waals surface area contributed by atoms with Crippen molar-refractivity contribution >= 4 is 44.6 Å². The van der Waals surface area contributed by atoms with Crippen molar-refractivity contribution < 1.29 is 22.7 Å². The van der Waals surface area contributed by atoms with Crippen LogP contribution in [0.4, 0.5) is 11.4 Å². The van der Waals surface area contributed by atoms with Gasteiger partial charge in [-0.3, -0.25) is 9.52 Å². The summed E-state index contributed by atoms with van der Waals surface area (Å²) in [6.07, 6.45) is -1.09. The van der Waals surface area contributed by atoms with Crippen LogP contribution in [0.3, 0.4) is 0 Å². The van der Waals surface area contributed by atoms with Gasteiger partial charge in [0.05, 0.1) is 17.2 Å². The number of nitrogens with one attached hydrogen (secondary N) is 2. The molecule has 1 amide bonds. The molecule has 0 fully saturated rings. The summed E-state index contributed by atoms with van der Waals surface area (Å²) in [5.41, 5.74) is 1.24. The van der Waals surface area contributed by atoms with Gasteiger partial charge in [-0.25, -0.2) is 13.2 Å². The topological polar surface area (TPSA) is 125 Å². The zero-order valence-electron chi connectivity index (χ0n) is 16.2. The molecule has 0 aliphatic rings. The van der Waals surface area contributed by atoms with Crippen LogP contribution in [0.2, 0.25) is 0 Å².